The number of aliphatic hydroxyl groups excluding tert-OH is 1. The Morgan fingerprint density at radius 3 is 2.64 bits per heavy atom. The molecular weight excluding hydrogens is 448 g/mol. The predicted molar refractivity (Wildman–Crippen MR) is 120 cm³/mol. The van der Waals surface area contributed by atoms with Gasteiger partial charge in [0, 0.05) is 19.5 Å². The van der Waals surface area contributed by atoms with Crippen LogP contribution < -0.4 is 10.1 Å². The summed E-state index contributed by atoms with van der Waals surface area (Å²) >= 11 is 0. The van der Waals surface area contributed by atoms with Crippen molar-refractivity contribution in [1.29, 1.82) is 0 Å². The minimum Gasteiger partial charge on any atom is -0.497 e. The Labute approximate surface area is 194 Å². The van der Waals surface area contributed by atoms with Crippen molar-refractivity contribution in [2.24, 2.45) is 11.8 Å². The van der Waals surface area contributed by atoms with Gasteiger partial charge in [0.15, 0.2) is 5.76 Å². The van der Waals surface area contributed by atoms with Crippen LogP contribution in [0, 0.1) is 24.2 Å². The van der Waals surface area contributed by atoms with Crippen LogP contribution in [-0.2, 0) is 24.3 Å². The molecule has 1 aliphatic heterocycles. The van der Waals surface area contributed by atoms with E-state index >= 15 is 0 Å². The number of hydrogen-bond donors (Lipinski definition) is 2. The van der Waals surface area contributed by atoms with E-state index in [0.29, 0.717) is 18.1 Å². The maximum Gasteiger partial charge on any atom is 0.286 e. The molecular formula is C23H30N2O7S. The molecule has 1 aromatic carbocycles. The zero-order valence-corrected chi connectivity index (χ0v) is 19.4. The van der Waals surface area contributed by atoms with Gasteiger partial charge in [0.05, 0.1) is 31.8 Å². The number of amides is 1. The fourth-order valence-corrected chi connectivity index (χ4v) is 5.08. The lowest BCUT2D eigenvalue weighted by Gasteiger charge is -2.30. The van der Waals surface area contributed by atoms with Crippen molar-refractivity contribution in [2.75, 3.05) is 40.0 Å². The molecule has 9 nitrogen and oxygen atoms in total. The molecule has 2 N–H and O–H groups in total. The monoisotopic (exact) mass is 478 g/mol. The minimum atomic E-state index is -3.84. The van der Waals surface area contributed by atoms with Crippen LogP contribution in [0.1, 0.15) is 19.3 Å². The van der Waals surface area contributed by atoms with E-state index in [-0.39, 0.29) is 49.4 Å². The first-order chi connectivity index (χ1) is 15.9. The molecule has 0 unspecified atom stereocenters. The zero-order valence-electron chi connectivity index (χ0n) is 18.6. The molecule has 3 rings (SSSR count). The van der Waals surface area contributed by atoms with Crippen LogP contribution in [0.3, 0.4) is 0 Å². The number of carbonyl (C=O) groups excluding carboxylic acids is 1. The van der Waals surface area contributed by atoms with Crippen LogP contribution in [0.2, 0.25) is 0 Å². The van der Waals surface area contributed by atoms with Crippen molar-refractivity contribution in [3.05, 3.63) is 36.1 Å². The molecule has 1 saturated carbocycles. The van der Waals surface area contributed by atoms with E-state index < -0.39 is 22.2 Å². The van der Waals surface area contributed by atoms with Crippen LogP contribution in [0.4, 0.5) is 0 Å². The van der Waals surface area contributed by atoms with Gasteiger partial charge >= 0.3 is 0 Å². The van der Waals surface area contributed by atoms with E-state index in [2.05, 4.69) is 11.2 Å². The maximum atomic E-state index is 13.0. The number of nitrogens with one attached hydrogen (secondary N) is 1. The summed E-state index contributed by atoms with van der Waals surface area (Å²) in [6, 6.07) is 6.03. The van der Waals surface area contributed by atoms with E-state index in [0.717, 1.165) is 17.1 Å². The Hall–Kier alpha value is -2.58. The van der Waals surface area contributed by atoms with Crippen LogP contribution in [-0.4, -0.2) is 70.0 Å². The number of carbonyl (C=O) groups is 1. The van der Waals surface area contributed by atoms with E-state index in [9.17, 15) is 18.3 Å². The Kier molecular flexibility index (Phi) is 8.74. The number of methoxy groups -OCH3 is 1. The number of nitrogens with zero attached hydrogens (tertiary/aromatic N) is 1. The zero-order chi connectivity index (χ0) is 23.8. The first-order valence-corrected chi connectivity index (χ1v) is 12.3. The van der Waals surface area contributed by atoms with Crippen molar-refractivity contribution in [3.8, 4) is 18.1 Å². The summed E-state index contributed by atoms with van der Waals surface area (Å²) in [5.41, 5.74) is 0. The molecule has 10 heteroatoms. The number of sulfonamides is 1. The maximum absolute atomic E-state index is 13.0. The van der Waals surface area contributed by atoms with Gasteiger partial charge in [-0.25, -0.2) is 8.42 Å². The summed E-state index contributed by atoms with van der Waals surface area (Å²) in [5.74, 6) is 3.34. The average Bonchev–Trinajstić information content (AvgIpc) is 3.67. The fourth-order valence-electron chi connectivity index (χ4n) is 3.66. The number of allylic oxidation sites excluding steroid dienone is 1. The lowest BCUT2D eigenvalue weighted by molar-refractivity contribution is -0.149. The molecule has 2 aliphatic rings. The Morgan fingerprint density at radius 1 is 1.30 bits per heavy atom. The first kappa shape index (κ1) is 25.1. The quantitative estimate of drug-likeness (QED) is 0.433. The third-order valence-electron chi connectivity index (χ3n) is 5.58. The summed E-state index contributed by atoms with van der Waals surface area (Å²) in [6.07, 6.45) is 9.13. The molecule has 1 amide bonds. The summed E-state index contributed by atoms with van der Waals surface area (Å²) in [6.45, 7) is -0.255. The molecule has 0 saturated heterocycles. The van der Waals surface area contributed by atoms with Gasteiger partial charge in [-0.3, -0.25) is 4.79 Å². The SMILES string of the molecule is C#CCNC(=O)C1=C[C@H](C2CC2)C[C@H](OCCN(CCO)S(=O)(=O)c2ccc(OC)cc2)O1. The summed E-state index contributed by atoms with van der Waals surface area (Å²) in [7, 11) is -2.34. The summed E-state index contributed by atoms with van der Waals surface area (Å²) in [5, 5.41) is 12.0. The Morgan fingerprint density at radius 2 is 2.03 bits per heavy atom. The second-order valence-corrected chi connectivity index (χ2v) is 9.81. The van der Waals surface area contributed by atoms with Gasteiger partial charge in [-0.15, -0.1) is 6.42 Å². The second-order valence-electron chi connectivity index (χ2n) is 7.88. The molecule has 1 fully saturated rings. The fraction of sp³-hybridized carbons (Fsp3) is 0.522. The molecule has 0 aromatic heterocycles. The summed E-state index contributed by atoms with van der Waals surface area (Å²) in [4.78, 5) is 12.4. The van der Waals surface area contributed by atoms with Crippen molar-refractivity contribution in [2.45, 2.75) is 30.4 Å². The minimum absolute atomic E-state index is 0.0191. The molecule has 1 heterocycles. The summed E-state index contributed by atoms with van der Waals surface area (Å²) < 4.78 is 43.8. The standard InChI is InChI=1S/C23H30N2O7S/c1-3-10-24-23(27)21-15-18(17-4-5-17)16-22(32-21)31-14-12-25(11-13-26)33(28,29)20-8-6-19(30-2)7-9-20/h1,6-9,15,17-18,22,26H,4-5,10-14,16H2,2H3,(H,24,27)/t18-,22+/m0/s1. The van der Waals surface area contributed by atoms with E-state index in [1.165, 1.54) is 19.2 Å². The molecule has 0 spiro atoms. The van der Waals surface area contributed by atoms with Gasteiger partial charge in [0.25, 0.3) is 5.91 Å². The van der Waals surface area contributed by atoms with Crippen LogP contribution >= 0.6 is 0 Å². The lowest BCUT2D eigenvalue weighted by Crippen LogP contribution is -2.38. The van der Waals surface area contributed by atoms with Crippen LogP contribution in [0.5, 0.6) is 5.75 Å². The van der Waals surface area contributed by atoms with E-state index in [1.807, 2.05) is 6.08 Å². The van der Waals surface area contributed by atoms with Crippen LogP contribution in [0.25, 0.3) is 0 Å². The van der Waals surface area contributed by atoms with Crippen molar-refractivity contribution >= 4 is 15.9 Å². The molecule has 180 valence electrons. The van der Waals surface area contributed by atoms with Crippen molar-refractivity contribution in [3.63, 3.8) is 0 Å². The normalized spacial score (nSPS) is 20.5. The van der Waals surface area contributed by atoms with Gasteiger partial charge < -0.3 is 24.6 Å². The molecule has 33 heavy (non-hydrogen) atoms. The third-order valence-corrected chi connectivity index (χ3v) is 7.49. The average molecular weight is 479 g/mol. The Balaban J connectivity index is 1.61. The first-order valence-electron chi connectivity index (χ1n) is 10.9. The lowest BCUT2D eigenvalue weighted by atomic mass is 9.96. The van der Waals surface area contributed by atoms with Crippen molar-refractivity contribution < 1.29 is 32.5 Å². The number of ether oxygens (including phenoxy) is 3. The Bertz CT molecular complexity index is 981. The largest absolute Gasteiger partial charge is 0.497 e. The molecule has 1 aromatic rings. The smallest absolute Gasteiger partial charge is 0.286 e. The highest BCUT2D eigenvalue weighted by atomic mass is 32.2. The molecule has 1 aliphatic carbocycles. The number of benzene rings is 1. The third kappa shape index (κ3) is 6.71. The van der Waals surface area contributed by atoms with Gasteiger partial charge in [-0.2, -0.15) is 4.31 Å². The molecule has 0 radical (unpaired) electrons. The van der Waals surface area contributed by atoms with E-state index in [4.69, 9.17) is 20.6 Å². The highest BCUT2D eigenvalue weighted by Crippen LogP contribution is 2.42. The number of hydrogen-bond acceptors (Lipinski definition) is 7. The van der Waals surface area contributed by atoms with Gasteiger partial charge in [0.2, 0.25) is 16.3 Å². The van der Waals surface area contributed by atoms with Gasteiger partial charge in [-0.05, 0) is 55.0 Å². The van der Waals surface area contributed by atoms with Gasteiger partial charge in [-0.1, -0.05) is 5.92 Å². The second kappa shape index (κ2) is 11.5. The number of aliphatic hydroxyl groups is 1. The van der Waals surface area contributed by atoms with Crippen molar-refractivity contribution in [1.82, 2.24) is 9.62 Å². The van der Waals surface area contributed by atoms with Crippen LogP contribution in [0.15, 0.2) is 41.0 Å². The topological polar surface area (TPSA) is 114 Å². The molecule has 2 atom stereocenters. The predicted octanol–water partition coefficient (Wildman–Crippen LogP) is 1.10. The highest BCUT2D eigenvalue weighted by molar-refractivity contribution is 7.89. The number of rotatable bonds is 12. The highest BCUT2D eigenvalue weighted by Gasteiger charge is 2.37. The van der Waals surface area contributed by atoms with Gasteiger partial charge in [0.1, 0.15) is 5.75 Å². The number of terminal acetylenes is 1. The molecule has 0 bridgehead atoms. The van der Waals surface area contributed by atoms with E-state index in [1.54, 1.807) is 12.1 Å².